The van der Waals surface area contributed by atoms with Gasteiger partial charge in [0.05, 0.1) is 40.7 Å². The van der Waals surface area contributed by atoms with Gasteiger partial charge in [-0.1, -0.05) is 30.3 Å². The molecule has 1 unspecified atom stereocenters. The summed E-state index contributed by atoms with van der Waals surface area (Å²) in [5.41, 5.74) is -7.39. The Kier molecular flexibility index (Phi) is 6.41. The molecule has 12 nitrogen and oxygen atoms in total. The van der Waals surface area contributed by atoms with Crippen molar-refractivity contribution in [1.82, 2.24) is 4.90 Å². The molecule has 5 rings (SSSR count). The lowest BCUT2D eigenvalue weighted by molar-refractivity contribution is -0.181. The lowest BCUT2D eigenvalue weighted by Crippen LogP contribution is -2.71. The van der Waals surface area contributed by atoms with E-state index in [1.54, 1.807) is 6.07 Å². The van der Waals surface area contributed by atoms with Gasteiger partial charge in [0.2, 0.25) is 5.78 Å². The SMILES string of the molecule is CN(C)[C@@H]1C(=O)C(C#N)=C(O)[C@@]2(O)C(=O)C3=C(O)c4c(OS(=O)(=O)c5ccccc5)cccc4[C@@](C)(O)C3[C@H](O)[C@@H]12. The van der Waals surface area contributed by atoms with Gasteiger partial charge in [0, 0.05) is 0 Å². The van der Waals surface area contributed by atoms with E-state index < -0.39 is 90.8 Å². The molecule has 0 aliphatic heterocycles. The topological polar surface area (TPSA) is 206 Å². The zero-order valence-electron chi connectivity index (χ0n) is 22.0. The first-order chi connectivity index (χ1) is 19.1. The van der Waals surface area contributed by atoms with Crippen LogP contribution < -0.4 is 4.18 Å². The Labute approximate surface area is 234 Å². The summed E-state index contributed by atoms with van der Waals surface area (Å²) in [5, 5.41) is 67.1. The fraction of sp³-hybridized carbons (Fsp3) is 0.321. The zero-order chi connectivity index (χ0) is 30.2. The highest BCUT2D eigenvalue weighted by Gasteiger charge is 2.69. The summed E-state index contributed by atoms with van der Waals surface area (Å²) in [5.74, 6) is -8.43. The van der Waals surface area contributed by atoms with Crippen LogP contribution in [0.2, 0.25) is 0 Å². The molecule has 214 valence electrons. The fourth-order valence-corrected chi connectivity index (χ4v) is 7.24. The number of hydrogen-bond donors (Lipinski definition) is 5. The van der Waals surface area contributed by atoms with Crippen molar-refractivity contribution in [3.05, 3.63) is 76.6 Å². The normalized spacial score (nSPS) is 31.4. The molecule has 5 N–H and O–H groups in total. The van der Waals surface area contributed by atoms with Crippen molar-refractivity contribution in [3.63, 3.8) is 0 Å². The molecule has 0 radical (unpaired) electrons. The van der Waals surface area contributed by atoms with Gasteiger partial charge in [0.15, 0.2) is 22.9 Å². The molecule has 0 heterocycles. The number of hydrogen-bond acceptors (Lipinski definition) is 12. The Morgan fingerprint density at radius 2 is 1.66 bits per heavy atom. The Bertz CT molecular complexity index is 1700. The molecule has 0 aromatic heterocycles. The van der Waals surface area contributed by atoms with Gasteiger partial charge in [-0.25, -0.2) is 0 Å². The van der Waals surface area contributed by atoms with Crippen molar-refractivity contribution in [2.24, 2.45) is 11.8 Å². The van der Waals surface area contributed by atoms with Gasteiger partial charge < -0.3 is 29.7 Å². The molecule has 41 heavy (non-hydrogen) atoms. The molecular formula is C28H26N2O10S. The molecule has 2 aromatic carbocycles. The highest BCUT2D eigenvalue weighted by atomic mass is 32.2. The van der Waals surface area contributed by atoms with Crippen LogP contribution in [0.15, 0.2) is 70.3 Å². The number of nitriles is 1. The lowest BCUT2D eigenvalue weighted by atomic mass is 9.53. The van der Waals surface area contributed by atoms with Crippen LogP contribution in [0.3, 0.4) is 0 Å². The van der Waals surface area contributed by atoms with Gasteiger partial charge in [0.25, 0.3) is 0 Å². The van der Waals surface area contributed by atoms with E-state index in [1.165, 1.54) is 74.5 Å². The second-order valence-corrected chi connectivity index (χ2v) is 12.2. The van der Waals surface area contributed by atoms with Gasteiger partial charge in [-0.2, -0.15) is 13.7 Å². The van der Waals surface area contributed by atoms with E-state index in [-0.39, 0.29) is 10.5 Å². The molecule has 0 saturated heterocycles. The standard InChI is InChI=1S/C28H26N2O10S/c1-27(36)15-10-7-11-16(40-41(38,39)13-8-5-4-6-9-13)17(15)23(32)18-19(27)24(33)20-21(30(2)3)22(31)14(12-29)25(34)28(20,37)26(18)35/h4-11,19-21,24,32-34,36-37H,1-3H3/t19?,20-,21+,24+,27-,28-/m1/s1. The number of aliphatic hydroxyl groups is 5. The molecule has 1 saturated carbocycles. The average molecular weight is 583 g/mol. The smallest absolute Gasteiger partial charge is 0.339 e. The zero-order valence-corrected chi connectivity index (χ0v) is 22.8. The van der Waals surface area contributed by atoms with Crippen LogP contribution in [-0.2, 0) is 25.3 Å². The maximum Gasteiger partial charge on any atom is 0.339 e. The molecular weight excluding hydrogens is 556 g/mol. The Morgan fingerprint density at radius 3 is 2.24 bits per heavy atom. The highest BCUT2D eigenvalue weighted by molar-refractivity contribution is 7.87. The van der Waals surface area contributed by atoms with Crippen molar-refractivity contribution < 1.29 is 47.7 Å². The third-order valence-electron chi connectivity index (χ3n) is 8.12. The van der Waals surface area contributed by atoms with Crippen LogP contribution in [0.1, 0.15) is 18.1 Å². The van der Waals surface area contributed by atoms with E-state index in [2.05, 4.69) is 0 Å². The molecule has 0 bridgehead atoms. The monoisotopic (exact) mass is 582 g/mol. The summed E-state index contributed by atoms with van der Waals surface area (Å²) in [6.07, 6.45) is -1.94. The Hall–Kier alpha value is -4.06. The van der Waals surface area contributed by atoms with Crippen LogP contribution in [0.4, 0.5) is 0 Å². The van der Waals surface area contributed by atoms with Gasteiger partial charge >= 0.3 is 10.1 Å². The maximum absolute atomic E-state index is 14.1. The average Bonchev–Trinajstić information content (AvgIpc) is 2.91. The summed E-state index contributed by atoms with van der Waals surface area (Å²) in [4.78, 5) is 28.2. The number of ketones is 2. The van der Waals surface area contributed by atoms with Crippen molar-refractivity contribution in [2.45, 2.75) is 35.2 Å². The summed E-state index contributed by atoms with van der Waals surface area (Å²) in [7, 11) is -1.64. The molecule has 0 spiro atoms. The minimum Gasteiger partial charge on any atom is -0.507 e. The van der Waals surface area contributed by atoms with E-state index in [1.807, 2.05) is 0 Å². The van der Waals surface area contributed by atoms with Gasteiger partial charge in [-0.15, -0.1) is 0 Å². The molecule has 0 amide bonds. The van der Waals surface area contributed by atoms with E-state index in [4.69, 9.17) is 4.18 Å². The maximum atomic E-state index is 14.1. The van der Waals surface area contributed by atoms with Crippen LogP contribution in [0, 0.1) is 23.2 Å². The van der Waals surface area contributed by atoms with Crippen LogP contribution >= 0.6 is 0 Å². The van der Waals surface area contributed by atoms with Gasteiger partial charge in [-0.05, 0) is 44.8 Å². The van der Waals surface area contributed by atoms with E-state index >= 15 is 0 Å². The predicted molar refractivity (Wildman–Crippen MR) is 141 cm³/mol. The molecule has 6 atom stereocenters. The van der Waals surface area contributed by atoms with Crippen LogP contribution in [-0.4, -0.2) is 82.3 Å². The number of likely N-dealkylation sites (N-methyl/N-ethyl adjacent to an activating group) is 1. The first kappa shape index (κ1) is 28.5. The van der Waals surface area contributed by atoms with Crippen molar-refractivity contribution in [2.75, 3.05) is 14.1 Å². The molecule has 13 heteroatoms. The highest BCUT2D eigenvalue weighted by Crippen LogP contribution is 2.57. The summed E-state index contributed by atoms with van der Waals surface area (Å²) >= 11 is 0. The third-order valence-corrected chi connectivity index (χ3v) is 9.36. The third kappa shape index (κ3) is 3.76. The van der Waals surface area contributed by atoms with E-state index in [0.29, 0.717) is 0 Å². The minimum atomic E-state index is -4.46. The lowest BCUT2D eigenvalue weighted by Gasteiger charge is -2.55. The molecule has 1 fully saturated rings. The van der Waals surface area contributed by atoms with Crippen LogP contribution in [0.5, 0.6) is 5.75 Å². The first-order valence-electron chi connectivity index (χ1n) is 12.4. The molecule has 2 aromatic rings. The van der Waals surface area contributed by atoms with Gasteiger partial charge in [0.1, 0.15) is 22.3 Å². The van der Waals surface area contributed by atoms with Crippen molar-refractivity contribution in [1.29, 1.82) is 5.26 Å². The number of carbonyl (C=O) groups is 2. The predicted octanol–water partition coefficient (Wildman–Crippen LogP) is 0.700. The molecule has 3 aliphatic rings. The summed E-state index contributed by atoms with van der Waals surface area (Å²) in [6, 6.07) is 11.0. The summed E-state index contributed by atoms with van der Waals surface area (Å²) < 4.78 is 31.3. The number of benzene rings is 2. The fourth-order valence-electron chi connectivity index (χ4n) is 6.28. The quantitative estimate of drug-likeness (QED) is 0.316. The number of rotatable bonds is 4. The largest absolute Gasteiger partial charge is 0.507 e. The first-order valence-corrected chi connectivity index (χ1v) is 13.8. The second-order valence-electron chi connectivity index (χ2n) is 10.6. The second kappa shape index (κ2) is 9.23. The van der Waals surface area contributed by atoms with Crippen LogP contribution in [0.25, 0.3) is 5.76 Å². The summed E-state index contributed by atoms with van der Waals surface area (Å²) in [6.45, 7) is 1.21. The number of carbonyl (C=O) groups excluding carboxylic acids is 2. The minimum absolute atomic E-state index is 0.109. The number of Topliss-reactive ketones (excluding diaryl/α,β-unsaturated/α-hetero) is 2. The Morgan fingerprint density at radius 1 is 1.02 bits per heavy atom. The van der Waals surface area contributed by atoms with Crippen molar-refractivity contribution in [3.8, 4) is 11.8 Å². The van der Waals surface area contributed by atoms with E-state index in [9.17, 15) is 48.8 Å². The number of aliphatic hydroxyl groups excluding tert-OH is 3. The van der Waals surface area contributed by atoms with Crippen molar-refractivity contribution >= 4 is 27.4 Å². The number of fused-ring (bicyclic) bond motifs is 3. The Balaban J connectivity index is 1.77. The van der Waals surface area contributed by atoms with E-state index in [0.717, 1.165) is 0 Å². The van der Waals surface area contributed by atoms with Gasteiger partial charge in [-0.3, -0.25) is 14.5 Å². The molecule has 3 aliphatic carbocycles. The number of nitrogens with zero attached hydrogens (tertiary/aromatic N) is 2.